The first-order chi connectivity index (χ1) is 9.73. The number of β-amino-alcohol motifs (C(OH)–C–C–N with tert-alkyl or cyclic N) is 1. The molecule has 0 unspecified atom stereocenters. The van der Waals surface area contributed by atoms with E-state index < -0.39 is 21.6 Å². The smallest absolute Gasteiger partial charge is 0.335 e. The van der Waals surface area contributed by atoms with Gasteiger partial charge in [-0.05, 0) is 30.5 Å². The van der Waals surface area contributed by atoms with Gasteiger partial charge in [0.2, 0.25) is 10.0 Å². The number of rotatable bonds is 5. The van der Waals surface area contributed by atoms with E-state index in [2.05, 4.69) is 0 Å². The fraction of sp³-hybridized carbons (Fsp3) is 0.500. The first-order valence-corrected chi connectivity index (χ1v) is 8.26. The van der Waals surface area contributed by atoms with Gasteiger partial charge in [-0.2, -0.15) is 4.31 Å². The summed E-state index contributed by atoms with van der Waals surface area (Å²) in [5.74, 6) is -1.16. The molecule has 2 N–H and O–H groups in total. The molecule has 116 valence electrons. The van der Waals surface area contributed by atoms with Gasteiger partial charge in [0.1, 0.15) is 0 Å². The zero-order chi connectivity index (χ0) is 15.8. The van der Waals surface area contributed by atoms with Crippen LogP contribution in [0.25, 0.3) is 0 Å². The minimum atomic E-state index is -3.77. The molecule has 6 nitrogen and oxygen atoms in total. The molecular formula is C14H19NO5S. The van der Waals surface area contributed by atoms with E-state index in [4.69, 9.17) is 5.11 Å². The van der Waals surface area contributed by atoms with Gasteiger partial charge < -0.3 is 10.2 Å². The highest BCUT2D eigenvalue weighted by Crippen LogP contribution is 2.32. The Bertz CT molecular complexity index is 662. The van der Waals surface area contributed by atoms with Crippen molar-refractivity contribution in [2.45, 2.75) is 37.2 Å². The van der Waals surface area contributed by atoms with Crippen LogP contribution >= 0.6 is 0 Å². The Morgan fingerprint density at radius 1 is 1.33 bits per heavy atom. The second-order valence-electron chi connectivity index (χ2n) is 5.33. The summed E-state index contributed by atoms with van der Waals surface area (Å²) in [6.07, 6.45) is 0.967. The van der Waals surface area contributed by atoms with Gasteiger partial charge in [-0.3, -0.25) is 0 Å². The number of nitrogens with zero attached hydrogens (tertiary/aromatic N) is 1. The van der Waals surface area contributed by atoms with Crippen molar-refractivity contribution in [3.8, 4) is 0 Å². The SMILES string of the molecule is CCc1ccc(C(=O)O)cc1S(=O)(=O)N1CC(O)(CC)C1. The van der Waals surface area contributed by atoms with Gasteiger partial charge in [-0.25, -0.2) is 13.2 Å². The molecule has 0 spiro atoms. The molecule has 0 radical (unpaired) electrons. The number of benzene rings is 1. The van der Waals surface area contributed by atoms with Crippen LogP contribution in [-0.4, -0.2) is 47.6 Å². The fourth-order valence-electron chi connectivity index (χ4n) is 2.36. The third-order valence-electron chi connectivity index (χ3n) is 3.91. The van der Waals surface area contributed by atoms with Crippen molar-refractivity contribution < 1.29 is 23.4 Å². The van der Waals surface area contributed by atoms with Gasteiger partial charge in [0.05, 0.1) is 16.1 Å². The van der Waals surface area contributed by atoms with Gasteiger partial charge >= 0.3 is 5.97 Å². The molecule has 1 heterocycles. The molecular weight excluding hydrogens is 294 g/mol. The zero-order valence-corrected chi connectivity index (χ0v) is 12.9. The molecule has 21 heavy (non-hydrogen) atoms. The number of hydrogen-bond acceptors (Lipinski definition) is 4. The average Bonchev–Trinajstić information content (AvgIpc) is 2.42. The van der Waals surface area contributed by atoms with E-state index in [-0.39, 0.29) is 23.5 Å². The van der Waals surface area contributed by atoms with Crippen molar-refractivity contribution in [3.63, 3.8) is 0 Å². The number of hydrogen-bond donors (Lipinski definition) is 2. The topological polar surface area (TPSA) is 94.9 Å². The van der Waals surface area contributed by atoms with E-state index in [9.17, 15) is 18.3 Å². The van der Waals surface area contributed by atoms with E-state index in [0.717, 1.165) is 0 Å². The lowest BCUT2D eigenvalue weighted by atomic mass is 9.94. The second-order valence-corrected chi connectivity index (χ2v) is 7.24. The predicted octanol–water partition coefficient (Wildman–Crippen LogP) is 1.09. The van der Waals surface area contributed by atoms with Gasteiger partial charge in [0.15, 0.2) is 0 Å². The summed E-state index contributed by atoms with van der Waals surface area (Å²) < 4.78 is 26.4. The molecule has 0 aliphatic carbocycles. The number of carboxylic acids is 1. The quantitative estimate of drug-likeness (QED) is 0.848. The van der Waals surface area contributed by atoms with Crippen LogP contribution in [0, 0.1) is 0 Å². The van der Waals surface area contributed by atoms with Crippen LogP contribution < -0.4 is 0 Å². The summed E-state index contributed by atoms with van der Waals surface area (Å²) in [6, 6.07) is 4.13. The summed E-state index contributed by atoms with van der Waals surface area (Å²) in [5, 5.41) is 19.0. The molecule has 1 aromatic carbocycles. The van der Waals surface area contributed by atoms with E-state index in [1.165, 1.54) is 22.5 Å². The highest BCUT2D eigenvalue weighted by atomic mass is 32.2. The van der Waals surface area contributed by atoms with Crippen LogP contribution in [0.3, 0.4) is 0 Å². The molecule has 1 aliphatic heterocycles. The van der Waals surface area contributed by atoms with Gasteiger partial charge in [-0.1, -0.05) is 19.9 Å². The maximum absolute atomic E-state index is 12.6. The number of aromatic carboxylic acids is 1. The highest BCUT2D eigenvalue weighted by molar-refractivity contribution is 7.89. The maximum Gasteiger partial charge on any atom is 0.335 e. The lowest BCUT2D eigenvalue weighted by Gasteiger charge is -2.45. The van der Waals surface area contributed by atoms with E-state index in [1.54, 1.807) is 6.92 Å². The molecule has 1 fully saturated rings. The van der Waals surface area contributed by atoms with Crippen LogP contribution in [0.4, 0.5) is 0 Å². The Morgan fingerprint density at radius 3 is 2.43 bits per heavy atom. The first-order valence-electron chi connectivity index (χ1n) is 6.82. The number of sulfonamides is 1. The minimum absolute atomic E-state index is 0.0167. The largest absolute Gasteiger partial charge is 0.478 e. The summed E-state index contributed by atoms with van der Waals surface area (Å²) in [6.45, 7) is 3.71. The first kappa shape index (κ1) is 15.9. The minimum Gasteiger partial charge on any atom is -0.478 e. The van der Waals surface area contributed by atoms with Crippen LogP contribution in [0.15, 0.2) is 23.1 Å². The molecule has 0 saturated carbocycles. The summed E-state index contributed by atoms with van der Waals surface area (Å²) >= 11 is 0. The summed E-state index contributed by atoms with van der Waals surface area (Å²) in [7, 11) is -3.77. The predicted molar refractivity (Wildman–Crippen MR) is 76.8 cm³/mol. The van der Waals surface area contributed by atoms with Crippen LogP contribution in [0.1, 0.15) is 36.2 Å². The number of carbonyl (C=O) groups is 1. The van der Waals surface area contributed by atoms with Gasteiger partial charge in [0.25, 0.3) is 0 Å². The number of carboxylic acid groups (broad SMARTS) is 1. The summed E-state index contributed by atoms with van der Waals surface area (Å²) in [5.41, 5.74) is -0.451. The van der Waals surface area contributed by atoms with Crippen molar-refractivity contribution in [1.29, 1.82) is 0 Å². The van der Waals surface area contributed by atoms with Crippen molar-refractivity contribution in [2.24, 2.45) is 0 Å². The zero-order valence-electron chi connectivity index (χ0n) is 12.0. The molecule has 0 atom stereocenters. The Hall–Kier alpha value is -1.44. The van der Waals surface area contributed by atoms with Crippen LogP contribution in [0.2, 0.25) is 0 Å². The van der Waals surface area contributed by atoms with Crippen LogP contribution in [-0.2, 0) is 16.4 Å². The monoisotopic (exact) mass is 313 g/mol. The molecule has 0 amide bonds. The van der Waals surface area contributed by atoms with E-state index in [0.29, 0.717) is 18.4 Å². The maximum atomic E-state index is 12.6. The second kappa shape index (κ2) is 5.40. The Morgan fingerprint density at radius 2 is 1.95 bits per heavy atom. The lowest BCUT2D eigenvalue weighted by molar-refractivity contribution is -0.0613. The molecule has 2 rings (SSSR count). The molecule has 1 aromatic rings. The molecule has 1 saturated heterocycles. The number of aliphatic hydroxyl groups is 1. The lowest BCUT2D eigenvalue weighted by Crippen LogP contribution is -2.62. The standard InChI is InChI=1S/C14H19NO5S/c1-3-10-5-6-11(13(16)17)7-12(10)21(19,20)15-8-14(18,4-2)9-15/h5-7,18H,3-4,8-9H2,1-2H3,(H,16,17). The Kier molecular flexibility index (Phi) is 4.10. The molecule has 0 bridgehead atoms. The Balaban J connectivity index is 2.40. The third kappa shape index (κ3) is 2.81. The average molecular weight is 313 g/mol. The van der Waals surface area contributed by atoms with E-state index in [1.807, 2.05) is 6.92 Å². The third-order valence-corrected chi connectivity index (χ3v) is 5.79. The van der Waals surface area contributed by atoms with Gasteiger partial charge in [0, 0.05) is 13.1 Å². The van der Waals surface area contributed by atoms with Gasteiger partial charge in [-0.15, -0.1) is 0 Å². The fourth-order valence-corrected chi connectivity index (χ4v) is 4.28. The number of aryl methyl sites for hydroxylation is 1. The summed E-state index contributed by atoms with van der Waals surface area (Å²) in [4.78, 5) is 11.1. The van der Waals surface area contributed by atoms with Crippen molar-refractivity contribution in [2.75, 3.05) is 13.1 Å². The molecule has 1 aliphatic rings. The van der Waals surface area contributed by atoms with Crippen molar-refractivity contribution in [3.05, 3.63) is 29.3 Å². The normalized spacial score (nSPS) is 18.2. The molecule has 0 aromatic heterocycles. The van der Waals surface area contributed by atoms with Crippen molar-refractivity contribution in [1.82, 2.24) is 4.31 Å². The molecule has 7 heteroatoms. The van der Waals surface area contributed by atoms with E-state index >= 15 is 0 Å². The van der Waals surface area contributed by atoms with Crippen LogP contribution in [0.5, 0.6) is 0 Å². The van der Waals surface area contributed by atoms with Crippen molar-refractivity contribution >= 4 is 16.0 Å². The highest BCUT2D eigenvalue weighted by Gasteiger charge is 2.46. The Labute approximate surface area is 124 Å².